The van der Waals surface area contributed by atoms with Gasteiger partial charge < -0.3 is 9.64 Å². The Bertz CT molecular complexity index is 1290. The third kappa shape index (κ3) is 4.46. The molecule has 33 heavy (non-hydrogen) atoms. The van der Waals surface area contributed by atoms with Gasteiger partial charge in [0.2, 0.25) is 0 Å². The van der Waals surface area contributed by atoms with E-state index < -0.39 is 0 Å². The monoisotopic (exact) mass is 486 g/mol. The smallest absolute Gasteiger partial charge is 0.315 e. The predicted molar refractivity (Wildman–Crippen MR) is 134 cm³/mol. The Balaban J connectivity index is 1.75. The van der Waals surface area contributed by atoms with Gasteiger partial charge in [-0.25, -0.2) is 4.98 Å². The molecule has 0 aliphatic carbocycles. The summed E-state index contributed by atoms with van der Waals surface area (Å²) in [5.74, 6) is -0.522. The summed E-state index contributed by atoms with van der Waals surface area (Å²) in [4.78, 5) is 24.2. The van der Waals surface area contributed by atoms with Crippen LogP contribution in [0, 0.1) is 25.7 Å². The molecule has 0 N–H and O–H groups in total. The van der Waals surface area contributed by atoms with E-state index in [1.54, 1.807) is 6.20 Å². The van der Waals surface area contributed by atoms with E-state index in [9.17, 15) is 4.79 Å². The summed E-state index contributed by atoms with van der Waals surface area (Å²) in [7, 11) is 0. The topological polar surface area (TPSA) is 59.2 Å². The maximum Gasteiger partial charge on any atom is 0.315 e. The number of nitrogens with zero attached hydrogens (tertiary/aromatic N) is 4. The van der Waals surface area contributed by atoms with Crippen molar-refractivity contribution in [2.24, 2.45) is 16.8 Å². The van der Waals surface area contributed by atoms with E-state index in [1.807, 2.05) is 46.0 Å². The highest BCUT2D eigenvalue weighted by Gasteiger charge is 2.31. The highest BCUT2D eigenvalue weighted by Crippen LogP contribution is 2.35. The average Bonchev–Trinajstić information content (AvgIpc) is 3.01. The van der Waals surface area contributed by atoms with Gasteiger partial charge in [0.1, 0.15) is 5.65 Å². The van der Waals surface area contributed by atoms with E-state index in [1.165, 1.54) is 0 Å². The number of benzene rings is 1. The van der Waals surface area contributed by atoms with Crippen LogP contribution in [-0.4, -0.2) is 39.1 Å². The zero-order chi connectivity index (χ0) is 23.9. The minimum Gasteiger partial charge on any atom is -0.465 e. The molecule has 6 nitrogen and oxygen atoms in total. The number of ether oxygens (including phenoxy) is 1. The Labute approximate surface area is 203 Å². The number of hydrogen-bond donors (Lipinski definition) is 0. The van der Waals surface area contributed by atoms with Gasteiger partial charge in [-0.05, 0) is 44.9 Å². The first kappa shape index (κ1) is 23.6. The minimum absolute atomic E-state index is 0.0835. The van der Waals surface area contributed by atoms with Gasteiger partial charge >= 0.3 is 5.97 Å². The maximum absolute atomic E-state index is 12.6. The molecule has 1 atom stereocenters. The molecule has 2 aromatic heterocycles. The molecule has 0 fully saturated rings. The molecular formula is C25H28Cl2N4O2. The molecule has 0 saturated carbocycles. The summed E-state index contributed by atoms with van der Waals surface area (Å²) in [5, 5.41) is 2.03. The fourth-order valence-electron chi connectivity index (χ4n) is 4.57. The first-order chi connectivity index (χ1) is 15.7. The van der Waals surface area contributed by atoms with Crippen LogP contribution in [0.2, 0.25) is 10.0 Å². The Morgan fingerprint density at radius 3 is 2.61 bits per heavy atom. The number of aryl methyl sites for hydroxylation is 2. The average molecular weight is 487 g/mol. The van der Waals surface area contributed by atoms with Crippen molar-refractivity contribution in [3.63, 3.8) is 0 Å². The first-order valence-corrected chi connectivity index (χ1v) is 11.9. The Morgan fingerprint density at radius 2 is 1.91 bits per heavy atom. The molecule has 0 saturated heterocycles. The van der Waals surface area contributed by atoms with Gasteiger partial charge in [-0.3, -0.25) is 14.2 Å². The van der Waals surface area contributed by atoms with E-state index in [0.29, 0.717) is 29.7 Å². The second-order valence-corrected chi connectivity index (χ2v) is 9.57. The molecule has 174 valence electrons. The lowest BCUT2D eigenvalue weighted by molar-refractivity contribution is -0.146. The molecule has 0 bridgehead atoms. The first-order valence-electron chi connectivity index (χ1n) is 11.1. The van der Waals surface area contributed by atoms with Crippen LogP contribution in [0.4, 0.5) is 0 Å². The minimum atomic E-state index is -0.379. The maximum atomic E-state index is 12.6. The van der Waals surface area contributed by atoms with Crippen LogP contribution < -0.4 is 0 Å². The summed E-state index contributed by atoms with van der Waals surface area (Å²) in [6.07, 6.45) is 3.70. The van der Waals surface area contributed by atoms with Crippen molar-refractivity contribution in [3.8, 4) is 0 Å². The highest BCUT2D eigenvalue weighted by molar-refractivity contribution is 6.42. The molecule has 4 rings (SSSR count). The number of rotatable bonds is 6. The van der Waals surface area contributed by atoms with Gasteiger partial charge in [-0.2, -0.15) is 0 Å². The van der Waals surface area contributed by atoms with Gasteiger partial charge in [0, 0.05) is 41.3 Å². The summed E-state index contributed by atoms with van der Waals surface area (Å²) in [6, 6.07) is 5.86. The van der Waals surface area contributed by atoms with Crippen molar-refractivity contribution in [2.75, 3.05) is 13.2 Å². The largest absolute Gasteiger partial charge is 0.465 e. The quantitative estimate of drug-likeness (QED) is 0.402. The number of fused-ring (bicyclic) bond motifs is 3. The van der Waals surface area contributed by atoms with Gasteiger partial charge in [-0.15, -0.1) is 0 Å². The van der Waals surface area contributed by atoms with Crippen LogP contribution in [0.3, 0.4) is 0 Å². The zero-order valence-electron chi connectivity index (χ0n) is 19.5. The fourth-order valence-corrected chi connectivity index (χ4v) is 4.89. The molecule has 1 aliphatic rings. The van der Waals surface area contributed by atoms with Gasteiger partial charge in [0.15, 0.2) is 0 Å². The SMILES string of the molecule is CCOC(=O)C(C1=NC=CN(Cc2c3cc(Cl)c(Cl)cc3n3c(C)cc(C)nc23)C1)C(C)C. The normalized spacial score (nSPS) is 14.9. The van der Waals surface area contributed by atoms with Crippen LogP contribution in [0.1, 0.15) is 37.7 Å². The predicted octanol–water partition coefficient (Wildman–Crippen LogP) is 5.97. The molecule has 3 aromatic rings. The number of halogens is 2. The lowest BCUT2D eigenvalue weighted by atomic mass is 9.90. The van der Waals surface area contributed by atoms with E-state index in [0.717, 1.165) is 39.2 Å². The van der Waals surface area contributed by atoms with Crippen molar-refractivity contribution in [3.05, 3.63) is 57.6 Å². The Hall–Kier alpha value is -2.57. The van der Waals surface area contributed by atoms with Crippen LogP contribution in [0.15, 0.2) is 35.6 Å². The van der Waals surface area contributed by atoms with Crippen LogP contribution >= 0.6 is 23.2 Å². The van der Waals surface area contributed by atoms with E-state index in [-0.39, 0.29) is 17.8 Å². The summed E-state index contributed by atoms with van der Waals surface area (Å²) >= 11 is 12.8. The lowest BCUT2D eigenvalue weighted by Gasteiger charge is -2.28. The molecule has 8 heteroatoms. The van der Waals surface area contributed by atoms with E-state index in [4.69, 9.17) is 32.9 Å². The number of aromatic nitrogens is 2. The molecule has 0 spiro atoms. The Kier molecular flexibility index (Phi) is 6.68. The van der Waals surface area contributed by atoms with Crippen molar-refractivity contribution in [2.45, 2.75) is 41.2 Å². The number of hydrogen-bond acceptors (Lipinski definition) is 5. The third-order valence-electron chi connectivity index (χ3n) is 5.95. The Morgan fingerprint density at radius 1 is 1.18 bits per heavy atom. The summed E-state index contributed by atoms with van der Waals surface area (Å²) < 4.78 is 7.45. The molecule has 0 amide bonds. The molecule has 1 aromatic carbocycles. The van der Waals surface area contributed by atoms with Crippen LogP contribution in [0.5, 0.6) is 0 Å². The molecule has 0 radical (unpaired) electrons. The zero-order valence-corrected chi connectivity index (χ0v) is 21.0. The fraction of sp³-hybridized carbons (Fsp3) is 0.400. The van der Waals surface area contributed by atoms with E-state index in [2.05, 4.69) is 27.3 Å². The number of carbonyl (C=O) groups is 1. The third-order valence-corrected chi connectivity index (χ3v) is 6.67. The number of esters is 1. The summed E-state index contributed by atoms with van der Waals surface area (Å²) in [5.41, 5.74) is 5.73. The standard InChI is InChI=1S/C25H28Cl2N4O2/c1-6-33-25(32)23(14(2)3)21-13-30(8-7-28-21)12-18-17-10-19(26)20(27)11-22(17)31-16(5)9-15(4)29-24(18)31/h7-11,14,23H,6,12-13H2,1-5H3. The van der Waals surface area contributed by atoms with Gasteiger partial charge in [-0.1, -0.05) is 37.0 Å². The second-order valence-electron chi connectivity index (χ2n) is 8.76. The number of aliphatic imine (C=N–C) groups is 1. The van der Waals surface area contributed by atoms with Crippen LogP contribution in [-0.2, 0) is 16.1 Å². The van der Waals surface area contributed by atoms with E-state index >= 15 is 0 Å². The van der Waals surface area contributed by atoms with Crippen molar-refractivity contribution in [1.29, 1.82) is 0 Å². The highest BCUT2D eigenvalue weighted by atomic mass is 35.5. The lowest BCUT2D eigenvalue weighted by Crippen LogP contribution is -2.38. The van der Waals surface area contributed by atoms with Crippen molar-refractivity contribution in [1.82, 2.24) is 14.3 Å². The number of carbonyl (C=O) groups excluding carboxylic acids is 1. The molecule has 3 heterocycles. The molecular weight excluding hydrogens is 459 g/mol. The van der Waals surface area contributed by atoms with Crippen molar-refractivity contribution < 1.29 is 9.53 Å². The molecule has 1 aliphatic heterocycles. The van der Waals surface area contributed by atoms with Crippen molar-refractivity contribution >= 4 is 51.4 Å². The van der Waals surface area contributed by atoms with Crippen LogP contribution in [0.25, 0.3) is 16.6 Å². The summed E-state index contributed by atoms with van der Waals surface area (Å²) in [6.45, 7) is 11.4. The van der Waals surface area contributed by atoms with Gasteiger partial charge in [0.25, 0.3) is 0 Å². The second kappa shape index (κ2) is 9.35. The molecule has 1 unspecified atom stereocenters. The van der Waals surface area contributed by atoms with Gasteiger partial charge in [0.05, 0.1) is 40.3 Å².